The van der Waals surface area contributed by atoms with Crippen molar-refractivity contribution in [3.05, 3.63) is 28.3 Å². The van der Waals surface area contributed by atoms with Crippen LogP contribution in [0.2, 0.25) is 0 Å². The molecule has 1 aromatic rings. The summed E-state index contributed by atoms with van der Waals surface area (Å²) in [6.45, 7) is 6.20. The highest BCUT2D eigenvalue weighted by Gasteiger charge is 2.40. The van der Waals surface area contributed by atoms with Gasteiger partial charge >= 0.3 is 5.63 Å². The van der Waals surface area contributed by atoms with Crippen molar-refractivity contribution in [1.82, 2.24) is 5.32 Å². The van der Waals surface area contributed by atoms with E-state index in [4.69, 9.17) is 20.1 Å². The first-order chi connectivity index (χ1) is 13.8. The number of carbonyl (C=O) groups is 1. The van der Waals surface area contributed by atoms with E-state index < -0.39 is 17.2 Å². The molecule has 0 radical (unpaired) electrons. The average Bonchev–Trinajstić information content (AvgIpc) is 3.10. The zero-order valence-corrected chi connectivity index (χ0v) is 17.8. The minimum atomic E-state index is -1.01. The molecular weight excluding hydrogens is 396 g/mol. The van der Waals surface area contributed by atoms with Crippen LogP contribution in [0.3, 0.4) is 0 Å². The lowest BCUT2D eigenvalue weighted by molar-refractivity contribution is -0.125. The first kappa shape index (κ1) is 23.0. The minimum Gasteiger partial charge on any atom is -0.493 e. The topological polar surface area (TPSA) is 140 Å². The van der Waals surface area contributed by atoms with Crippen LogP contribution in [0.1, 0.15) is 51.8 Å². The smallest absolute Gasteiger partial charge is 0.339 e. The van der Waals surface area contributed by atoms with Crippen LogP contribution in [-0.2, 0) is 4.79 Å². The van der Waals surface area contributed by atoms with Crippen LogP contribution < -0.4 is 21.4 Å². The van der Waals surface area contributed by atoms with Crippen molar-refractivity contribution in [2.45, 2.75) is 51.6 Å². The Kier molecular flexibility index (Phi) is 8.27. The Morgan fingerprint density at radius 1 is 1.55 bits per heavy atom. The number of hydrogen-bond acceptors (Lipinski definition) is 9. The molecule has 1 aliphatic heterocycles. The molecule has 0 aliphatic carbocycles. The summed E-state index contributed by atoms with van der Waals surface area (Å²) in [7, 11) is 0. The first-order valence-electron chi connectivity index (χ1n) is 9.53. The predicted octanol–water partition coefficient (Wildman–Crippen LogP) is 2.08. The van der Waals surface area contributed by atoms with Crippen molar-refractivity contribution in [1.29, 1.82) is 0 Å². The van der Waals surface area contributed by atoms with E-state index >= 15 is 0 Å². The van der Waals surface area contributed by atoms with Gasteiger partial charge in [0, 0.05) is 11.8 Å². The maximum Gasteiger partial charge on any atom is 0.339 e. The molecule has 2 atom stereocenters. The third-order valence-corrected chi connectivity index (χ3v) is 5.76. The lowest BCUT2D eigenvalue weighted by atomic mass is 10.0. The standard InChI is InChI=1S/C19H28N4O5S/c1-4-6-14(15-9-13(10-16(24)28-15)27-8-5-7-20)21-18(25)19(3)11-29-17(22-19)12(2)23-26/h9-10,14,26H,4-8,11,20H2,1-3H3,(H,21,25)/b23-12+/t14-,19+/m1/s1. The second-order valence-electron chi connectivity index (χ2n) is 6.98. The quantitative estimate of drug-likeness (QED) is 0.226. The highest BCUT2D eigenvalue weighted by Crippen LogP contribution is 2.30. The molecule has 1 aliphatic rings. The Balaban J connectivity index is 2.21. The van der Waals surface area contributed by atoms with Gasteiger partial charge in [-0.25, -0.2) is 4.79 Å². The molecule has 4 N–H and O–H groups in total. The summed E-state index contributed by atoms with van der Waals surface area (Å²) in [6.07, 6.45) is 2.01. The van der Waals surface area contributed by atoms with E-state index in [-0.39, 0.29) is 5.91 Å². The van der Waals surface area contributed by atoms with Gasteiger partial charge in [0.15, 0.2) is 0 Å². The minimum absolute atomic E-state index is 0.290. The van der Waals surface area contributed by atoms with Crippen LogP contribution in [0.15, 0.2) is 31.5 Å². The van der Waals surface area contributed by atoms with Crippen molar-refractivity contribution in [3.8, 4) is 5.75 Å². The van der Waals surface area contributed by atoms with E-state index in [2.05, 4.69) is 15.5 Å². The zero-order valence-electron chi connectivity index (χ0n) is 16.9. The third kappa shape index (κ3) is 6.07. The van der Waals surface area contributed by atoms with E-state index in [0.29, 0.717) is 54.0 Å². The summed E-state index contributed by atoms with van der Waals surface area (Å²) in [5.41, 5.74) is 4.28. The molecule has 0 aromatic carbocycles. The Bertz CT molecular complexity index is 838. The lowest BCUT2D eigenvalue weighted by Crippen LogP contribution is -2.45. The molecule has 0 bridgehead atoms. The maximum atomic E-state index is 13.0. The normalized spacial score (nSPS) is 20.3. The highest BCUT2D eigenvalue weighted by atomic mass is 32.2. The maximum absolute atomic E-state index is 13.0. The molecule has 160 valence electrons. The molecule has 29 heavy (non-hydrogen) atoms. The van der Waals surface area contributed by atoms with Crippen molar-refractivity contribution in [2.75, 3.05) is 18.9 Å². The monoisotopic (exact) mass is 424 g/mol. The summed E-state index contributed by atoms with van der Waals surface area (Å²) >= 11 is 1.36. The number of nitrogens with zero attached hydrogens (tertiary/aromatic N) is 2. The molecule has 0 saturated carbocycles. The Hall–Kier alpha value is -2.33. The van der Waals surface area contributed by atoms with Crippen LogP contribution >= 0.6 is 11.8 Å². The number of ether oxygens (including phenoxy) is 1. The molecule has 0 fully saturated rings. The fraction of sp³-hybridized carbons (Fsp3) is 0.579. The molecule has 1 aromatic heterocycles. The summed E-state index contributed by atoms with van der Waals surface area (Å²) in [4.78, 5) is 29.4. The molecule has 2 rings (SSSR count). The molecule has 1 amide bonds. The fourth-order valence-corrected chi connectivity index (χ4v) is 3.86. The van der Waals surface area contributed by atoms with E-state index in [0.717, 1.165) is 6.42 Å². The van der Waals surface area contributed by atoms with Gasteiger partial charge in [-0.1, -0.05) is 18.5 Å². The number of carbonyl (C=O) groups excluding carboxylic acids is 1. The van der Waals surface area contributed by atoms with Gasteiger partial charge in [0.2, 0.25) is 5.91 Å². The molecule has 9 nitrogen and oxygen atoms in total. The second-order valence-corrected chi connectivity index (χ2v) is 7.95. The largest absolute Gasteiger partial charge is 0.493 e. The molecule has 10 heteroatoms. The van der Waals surface area contributed by atoms with Crippen molar-refractivity contribution in [2.24, 2.45) is 15.9 Å². The van der Waals surface area contributed by atoms with Gasteiger partial charge in [-0.3, -0.25) is 9.79 Å². The Morgan fingerprint density at radius 3 is 2.97 bits per heavy atom. The highest BCUT2D eigenvalue weighted by molar-refractivity contribution is 8.16. The van der Waals surface area contributed by atoms with Crippen molar-refractivity contribution >= 4 is 28.4 Å². The van der Waals surface area contributed by atoms with Crippen LogP contribution in [0, 0.1) is 0 Å². The van der Waals surface area contributed by atoms with Crippen LogP contribution in [0.4, 0.5) is 0 Å². The molecule has 2 heterocycles. The Labute approximate surface area is 173 Å². The van der Waals surface area contributed by atoms with E-state index in [1.165, 1.54) is 17.8 Å². The molecular formula is C19H28N4O5S. The summed E-state index contributed by atoms with van der Waals surface area (Å²) in [5, 5.41) is 15.5. The second kappa shape index (κ2) is 10.4. The fourth-order valence-electron chi connectivity index (χ4n) is 2.73. The molecule has 0 spiro atoms. The van der Waals surface area contributed by atoms with Gasteiger partial charge in [-0.2, -0.15) is 0 Å². The van der Waals surface area contributed by atoms with Crippen molar-refractivity contribution < 1.29 is 19.2 Å². The number of oxime groups is 1. The number of hydrogen-bond donors (Lipinski definition) is 3. The van der Waals surface area contributed by atoms with Crippen LogP contribution in [-0.4, -0.2) is 46.3 Å². The summed E-state index contributed by atoms with van der Waals surface area (Å²) in [6, 6.07) is 2.40. The number of amides is 1. The van der Waals surface area contributed by atoms with Crippen molar-refractivity contribution in [3.63, 3.8) is 0 Å². The molecule has 0 unspecified atom stereocenters. The van der Waals surface area contributed by atoms with Gasteiger partial charge in [0.05, 0.1) is 18.7 Å². The van der Waals surface area contributed by atoms with E-state index in [1.54, 1.807) is 19.9 Å². The van der Waals surface area contributed by atoms with Crippen LogP contribution in [0.5, 0.6) is 5.75 Å². The Morgan fingerprint density at radius 2 is 2.31 bits per heavy atom. The van der Waals surface area contributed by atoms with Gasteiger partial charge < -0.3 is 25.4 Å². The number of rotatable bonds is 10. The third-order valence-electron chi connectivity index (χ3n) is 4.39. The summed E-state index contributed by atoms with van der Waals surface area (Å²) < 4.78 is 10.9. The van der Waals surface area contributed by atoms with E-state index in [9.17, 15) is 9.59 Å². The number of nitrogens with one attached hydrogen (secondary N) is 1. The first-order valence-corrected chi connectivity index (χ1v) is 10.5. The van der Waals surface area contributed by atoms with Gasteiger partial charge in [0.25, 0.3) is 0 Å². The lowest BCUT2D eigenvalue weighted by Gasteiger charge is -2.24. The van der Waals surface area contributed by atoms with Gasteiger partial charge in [0.1, 0.15) is 27.8 Å². The van der Waals surface area contributed by atoms with E-state index in [1.807, 2.05) is 6.92 Å². The van der Waals surface area contributed by atoms with Gasteiger partial charge in [-0.15, -0.1) is 11.8 Å². The van der Waals surface area contributed by atoms with Crippen LogP contribution in [0.25, 0.3) is 0 Å². The van der Waals surface area contributed by atoms with Gasteiger partial charge in [-0.05, 0) is 33.2 Å². The zero-order chi connectivity index (χ0) is 21.4. The number of thioether (sulfide) groups is 1. The molecule has 0 saturated heterocycles. The number of aliphatic imine (C=N–C) groups is 1. The number of nitrogens with two attached hydrogens (primary N) is 1. The SMILES string of the molecule is CCC[C@@H](NC(=O)[C@]1(C)CSC(/C(C)=N/O)=N1)c1cc(OCCCN)cc(=O)o1. The summed E-state index contributed by atoms with van der Waals surface area (Å²) in [5.74, 6) is 0.854. The average molecular weight is 425 g/mol. The predicted molar refractivity (Wildman–Crippen MR) is 113 cm³/mol.